The van der Waals surface area contributed by atoms with Crippen molar-refractivity contribution < 1.29 is 9.59 Å². The first-order chi connectivity index (χ1) is 11.0. The summed E-state index contributed by atoms with van der Waals surface area (Å²) in [5.41, 5.74) is 8.94. The van der Waals surface area contributed by atoms with E-state index in [1.165, 1.54) is 0 Å². The molecule has 0 saturated carbocycles. The molecule has 23 heavy (non-hydrogen) atoms. The summed E-state index contributed by atoms with van der Waals surface area (Å²) >= 11 is 0. The lowest BCUT2D eigenvalue weighted by Gasteiger charge is -2.08. The van der Waals surface area contributed by atoms with E-state index in [9.17, 15) is 9.59 Å². The molecule has 1 heterocycles. The van der Waals surface area contributed by atoms with E-state index in [-0.39, 0.29) is 24.9 Å². The molecule has 2 amide bonds. The van der Waals surface area contributed by atoms with Crippen molar-refractivity contribution in [1.29, 1.82) is 0 Å². The number of rotatable bonds is 6. The third-order valence-corrected chi connectivity index (χ3v) is 3.54. The molecule has 0 saturated heterocycles. The predicted molar refractivity (Wildman–Crippen MR) is 86.9 cm³/mol. The summed E-state index contributed by atoms with van der Waals surface area (Å²) in [6, 6.07) is 9.81. The second-order valence-corrected chi connectivity index (χ2v) is 5.15. The van der Waals surface area contributed by atoms with Crippen molar-refractivity contribution in [1.82, 2.24) is 20.4 Å². The number of aryl methyl sites for hydroxylation is 1. The fourth-order valence-electron chi connectivity index (χ4n) is 2.25. The minimum atomic E-state index is -0.357. The second-order valence-electron chi connectivity index (χ2n) is 5.15. The standard InChI is InChI=1S/C16H21N5O2/c1-11-14(9-18-16(23)10-19-15(22)8-17)12(2)21(20-11)13-6-4-3-5-7-13/h3-7H,8-10,17H2,1-2H3,(H,18,23)(H,19,22). The van der Waals surface area contributed by atoms with Gasteiger partial charge in [0.15, 0.2) is 0 Å². The van der Waals surface area contributed by atoms with Gasteiger partial charge in [0, 0.05) is 17.8 Å². The molecule has 1 aromatic heterocycles. The van der Waals surface area contributed by atoms with Gasteiger partial charge in [-0.2, -0.15) is 5.10 Å². The first-order valence-corrected chi connectivity index (χ1v) is 7.37. The number of nitrogens with one attached hydrogen (secondary N) is 2. The zero-order valence-corrected chi connectivity index (χ0v) is 13.3. The van der Waals surface area contributed by atoms with Crippen LogP contribution in [0.2, 0.25) is 0 Å². The normalized spacial score (nSPS) is 10.4. The minimum Gasteiger partial charge on any atom is -0.350 e. The number of aromatic nitrogens is 2. The van der Waals surface area contributed by atoms with Crippen LogP contribution >= 0.6 is 0 Å². The van der Waals surface area contributed by atoms with Crippen LogP contribution in [0.3, 0.4) is 0 Å². The summed E-state index contributed by atoms with van der Waals surface area (Å²) in [4.78, 5) is 22.8. The van der Waals surface area contributed by atoms with Crippen molar-refractivity contribution in [3.05, 3.63) is 47.3 Å². The third-order valence-electron chi connectivity index (χ3n) is 3.54. The lowest BCUT2D eigenvalue weighted by atomic mass is 10.2. The van der Waals surface area contributed by atoms with Crippen LogP contribution in [0, 0.1) is 13.8 Å². The molecule has 122 valence electrons. The van der Waals surface area contributed by atoms with Crippen LogP contribution in [-0.2, 0) is 16.1 Å². The Hall–Kier alpha value is -2.67. The molecule has 0 aliphatic rings. The number of benzene rings is 1. The topological polar surface area (TPSA) is 102 Å². The summed E-state index contributed by atoms with van der Waals surface area (Å²) in [6.45, 7) is 4.02. The summed E-state index contributed by atoms with van der Waals surface area (Å²) in [5.74, 6) is -0.623. The number of carbonyl (C=O) groups excluding carboxylic acids is 2. The fraction of sp³-hybridized carbons (Fsp3) is 0.312. The van der Waals surface area contributed by atoms with Gasteiger partial charge in [0.2, 0.25) is 11.8 Å². The Balaban J connectivity index is 2.03. The number of hydrogen-bond acceptors (Lipinski definition) is 4. The van der Waals surface area contributed by atoms with Gasteiger partial charge < -0.3 is 16.4 Å². The van der Waals surface area contributed by atoms with Crippen molar-refractivity contribution in [3.8, 4) is 5.69 Å². The first-order valence-electron chi connectivity index (χ1n) is 7.37. The molecule has 0 spiro atoms. The summed E-state index contributed by atoms with van der Waals surface area (Å²) in [6.07, 6.45) is 0. The van der Waals surface area contributed by atoms with Crippen molar-refractivity contribution in [2.45, 2.75) is 20.4 Å². The number of hydrogen-bond donors (Lipinski definition) is 3. The highest BCUT2D eigenvalue weighted by atomic mass is 16.2. The van der Waals surface area contributed by atoms with E-state index >= 15 is 0 Å². The molecule has 7 heteroatoms. The largest absolute Gasteiger partial charge is 0.350 e. The maximum atomic E-state index is 11.7. The number of para-hydroxylation sites is 1. The van der Waals surface area contributed by atoms with Gasteiger partial charge in [-0.3, -0.25) is 9.59 Å². The molecule has 0 radical (unpaired) electrons. The van der Waals surface area contributed by atoms with Crippen molar-refractivity contribution in [3.63, 3.8) is 0 Å². The molecule has 0 aliphatic heterocycles. The van der Waals surface area contributed by atoms with E-state index in [2.05, 4.69) is 15.7 Å². The molecule has 0 aliphatic carbocycles. The zero-order chi connectivity index (χ0) is 16.8. The Labute approximate surface area is 134 Å². The summed E-state index contributed by atoms with van der Waals surface area (Å²) < 4.78 is 1.85. The van der Waals surface area contributed by atoms with E-state index in [0.29, 0.717) is 6.54 Å². The highest BCUT2D eigenvalue weighted by molar-refractivity contribution is 5.85. The van der Waals surface area contributed by atoms with E-state index in [1.807, 2.05) is 48.9 Å². The van der Waals surface area contributed by atoms with Crippen molar-refractivity contribution >= 4 is 11.8 Å². The van der Waals surface area contributed by atoms with Crippen LogP contribution in [0.5, 0.6) is 0 Å². The maximum absolute atomic E-state index is 11.7. The molecule has 4 N–H and O–H groups in total. The van der Waals surface area contributed by atoms with E-state index < -0.39 is 0 Å². The Morgan fingerprint density at radius 3 is 2.48 bits per heavy atom. The van der Waals surface area contributed by atoms with Gasteiger partial charge in [-0.05, 0) is 26.0 Å². The fourth-order valence-corrected chi connectivity index (χ4v) is 2.25. The van der Waals surface area contributed by atoms with Crippen molar-refractivity contribution in [2.24, 2.45) is 5.73 Å². The molecule has 0 fully saturated rings. The van der Waals surface area contributed by atoms with Crippen LogP contribution in [0.25, 0.3) is 5.69 Å². The predicted octanol–water partition coefficient (Wildman–Crippen LogP) is 0.180. The molecular weight excluding hydrogens is 294 g/mol. The second kappa shape index (κ2) is 7.55. The van der Waals surface area contributed by atoms with Gasteiger partial charge in [0.05, 0.1) is 24.5 Å². The summed E-state index contributed by atoms with van der Waals surface area (Å²) in [7, 11) is 0. The monoisotopic (exact) mass is 315 g/mol. The van der Waals surface area contributed by atoms with Crippen LogP contribution in [0.4, 0.5) is 0 Å². The van der Waals surface area contributed by atoms with Gasteiger partial charge >= 0.3 is 0 Å². The smallest absolute Gasteiger partial charge is 0.239 e. The van der Waals surface area contributed by atoms with Crippen LogP contribution in [0.1, 0.15) is 17.0 Å². The van der Waals surface area contributed by atoms with E-state index in [4.69, 9.17) is 5.73 Å². The molecule has 7 nitrogen and oxygen atoms in total. The molecule has 0 atom stereocenters. The highest BCUT2D eigenvalue weighted by Gasteiger charge is 2.13. The van der Waals surface area contributed by atoms with Gasteiger partial charge in [-0.15, -0.1) is 0 Å². The van der Waals surface area contributed by atoms with Crippen molar-refractivity contribution in [2.75, 3.05) is 13.1 Å². The van der Waals surface area contributed by atoms with Gasteiger partial charge in [-0.1, -0.05) is 18.2 Å². The van der Waals surface area contributed by atoms with Crippen LogP contribution in [0.15, 0.2) is 30.3 Å². The van der Waals surface area contributed by atoms with E-state index in [1.54, 1.807) is 0 Å². The first kappa shape index (κ1) is 16.7. The van der Waals surface area contributed by atoms with Gasteiger partial charge in [0.25, 0.3) is 0 Å². The molecule has 2 aromatic rings. The number of amides is 2. The van der Waals surface area contributed by atoms with Crippen LogP contribution < -0.4 is 16.4 Å². The van der Waals surface area contributed by atoms with Gasteiger partial charge in [0.1, 0.15) is 0 Å². The zero-order valence-electron chi connectivity index (χ0n) is 13.3. The maximum Gasteiger partial charge on any atom is 0.239 e. The molecule has 0 bridgehead atoms. The Kier molecular flexibility index (Phi) is 5.48. The Morgan fingerprint density at radius 1 is 1.13 bits per heavy atom. The van der Waals surface area contributed by atoms with Gasteiger partial charge in [-0.25, -0.2) is 4.68 Å². The summed E-state index contributed by atoms with van der Waals surface area (Å²) in [5, 5.41) is 9.73. The average molecular weight is 315 g/mol. The number of carbonyl (C=O) groups is 2. The lowest BCUT2D eigenvalue weighted by Crippen LogP contribution is -2.39. The molecule has 1 aromatic carbocycles. The van der Waals surface area contributed by atoms with E-state index in [0.717, 1.165) is 22.6 Å². The Morgan fingerprint density at radius 2 is 1.83 bits per heavy atom. The molecule has 0 unspecified atom stereocenters. The number of nitrogens with two attached hydrogens (primary N) is 1. The number of nitrogens with zero attached hydrogens (tertiary/aromatic N) is 2. The highest BCUT2D eigenvalue weighted by Crippen LogP contribution is 2.17. The Bertz CT molecular complexity index is 694. The average Bonchev–Trinajstić information content (AvgIpc) is 2.85. The lowest BCUT2D eigenvalue weighted by molar-refractivity contribution is -0.125. The quantitative estimate of drug-likeness (QED) is 0.707. The molecular formula is C16H21N5O2. The molecule has 2 rings (SSSR count). The minimum absolute atomic E-state index is 0.0824. The third kappa shape index (κ3) is 4.17. The SMILES string of the molecule is Cc1nn(-c2ccccc2)c(C)c1CNC(=O)CNC(=O)CN. The van der Waals surface area contributed by atoms with Crippen LogP contribution in [-0.4, -0.2) is 34.7 Å².